The van der Waals surface area contributed by atoms with Crippen LogP contribution in [0.15, 0.2) is 18.7 Å². The summed E-state index contributed by atoms with van der Waals surface area (Å²) in [4.78, 5) is 28.6. The Kier molecular flexibility index (Phi) is 5.59. The van der Waals surface area contributed by atoms with Gasteiger partial charge in [0.2, 0.25) is 0 Å². The molecule has 7 nitrogen and oxygen atoms in total. The van der Waals surface area contributed by atoms with Crippen LogP contribution in [0.4, 0.5) is 4.79 Å². The van der Waals surface area contributed by atoms with Gasteiger partial charge in [-0.25, -0.2) is 14.6 Å². The Hall–Kier alpha value is -2.05. The molecule has 0 radical (unpaired) electrons. The normalized spacial score (nSPS) is 18.5. The monoisotopic (exact) mass is 294 g/mol. The van der Waals surface area contributed by atoms with Crippen LogP contribution in [0.25, 0.3) is 0 Å². The van der Waals surface area contributed by atoms with Crippen LogP contribution in [0.3, 0.4) is 0 Å². The van der Waals surface area contributed by atoms with E-state index in [0.29, 0.717) is 19.5 Å². The second-order valence-corrected chi connectivity index (χ2v) is 5.28. The van der Waals surface area contributed by atoms with Crippen LogP contribution in [0.2, 0.25) is 0 Å². The molecule has 0 aliphatic carbocycles. The molecule has 1 atom stereocenters. The molecule has 1 saturated heterocycles. The number of urea groups is 1. The van der Waals surface area contributed by atoms with Gasteiger partial charge in [-0.2, -0.15) is 0 Å². The van der Waals surface area contributed by atoms with Crippen molar-refractivity contribution in [3.63, 3.8) is 0 Å². The van der Waals surface area contributed by atoms with E-state index in [2.05, 4.69) is 10.3 Å². The molecule has 1 fully saturated rings. The van der Waals surface area contributed by atoms with Crippen LogP contribution in [0, 0.1) is 0 Å². The van der Waals surface area contributed by atoms with E-state index < -0.39 is 12.0 Å². The van der Waals surface area contributed by atoms with E-state index in [1.54, 1.807) is 12.5 Å². The predicted molar refractivity (Wildman–Crippen MR) is 76.8 cm³/mol. The average Bonchev–Trinajstić information content (AvgIpc) is 3.00. The zero-order valence-corrected chi connectivity index (χ0v) is 12.1. The molecule has 1 aliphatic rings. The maximum absolute atomic E-state index is 12.0. The summed E-state index contributed by atoms with van der Waals surface area (Å²) in [5.74, 6) is -0.912. The summed E-state index contributed by atoms with van der Waals surface area (Å²) in [7, 11) is 0. The molecule has 116 valence electrons. The van der Waals surface area contributed by atoms with E-state index in [0.717, 1.165) is 32.2 Å². The molecule has 2 rings (SSSR count). The third kappa shape index (κ3) is 4.47. The zero-order valence-electron chi connectivity index (χ0n) is 12.1. The molecule has 1 aromatic rings. The summed E-state index contributed by atoms with van der Waals surface area (Å²) in [6.45, 7) is 1.96. The van der Waals surface area contributed by atoms with Gasteiger partial charge in [0.05, 0.1) is 6.33 Å². The van der Waals surface area contributed by atoms with Crippen molar-refractivity contribution in [3.05, 3.63) is 18.7 Å². The largest absolute Gasteiger partial charge is 0.480 e. The fourth-order valence-electron chi connectivity index (χ4n) is 2.57. The molecule has 2 amide bonds. The van der Waals surface area contributed by atoms with Crippen molar-refractivity contribution in [3.8, 4) is 0 Å². The molecule has 21 heavy (non-hydrogen) atoms. The Labute approximate surface area is 124 Å². The lowest BCUT2D eigenvalue weighted by molar-refractivity contribution is -0.143. The molecular weight excluding hydrogens is 272 g/mol. The Morgan fingerprint density at radius 2 is 2.19 bits per heavy atom. The van der Waals surface area contributed by atoms with E-state index in [4.69, 9.17) is 5.11 Å². The highest BCUT2D eigenvalue weighted by atomic mass is 16.4. The second-order valence-electron chi connectivity index (χ2n) is 5.28. The predicted octanol–water partition coefficient (Wildman–Crippen LogP) is 1.31. The molecule has 0 saturated carbocycles. The van der Waals surface area contributed by atoms with E-state index in [9.17, 15) is 9.59 Å². The van der Waals surface area contributed by atoms with Crippen molar-refractivity contribution in [1.29, 1.82) is 0 Å². The SMILES string of the molecule is O=C(O)C1CCCCN1C(=O)NCCCCn1ccnc1. The van der Waals surface area contributed by atoms with Gasteiger partial charge < -0.3 is 19.9 Å². The van der Waals surface area contributed by atoms with Gasteiger partial charge in [-0.1, -0.05) is 0 Å². The minimum atomic E-state index is -0.912. The molecule has 1 aromatic heterocycles. The summed E-state index contributed by atoms with van der Waals surface area (Å²) in [6.07, 6.45) is 9.50. The van der Waals surface area contributed by atoms with E-state index in [1.165, 1.54) is 4.90 Å². The number of unbranched alkanes of at least 4 members (excludes halogenated alkanes) is 1. The number of imidazole rings is 1. The molecule has 0 spiro atoms. The number of nitrogens with zero attached hydrogens (tertiary/aromatic N) is 3. The number of carbonyl (C=O) groups excluding carboxylic acids is 1. The van der Waals surface area contributed by atoms with E-state index in [-0.39, 0.29) is 6.03 Å². The Balaban J connectivity index is 1.67. The van der Waals surface area contributed by atoms with Crippen LogP contribution < -0.4 is 5.32 Å². The fourth-order valence-corrected chi connectivity index (χ4v) is 2.57. The van der Waals surface area contributed by atoms with Gasteiger partial charge in [-0.3, -0.25) is 0 Å². The number of aliphatic carboxylic acids is 1. The smallest absolute Gasteiger partial charge is 0.326 e. The number of amides is 2. The summed E-state index contributed by atoms with van der Waals surface area (Å²) in [6, 6.07) is -0.936. The van der Waals surface area contributed by atoms with Crippen LogP contribution in [-0.4, -0.2) is 50.7 Å². The number of carboxylic acid groups (broad SMARTS) is 1. The number of hydrogen-bond donors (Lipinski definition) is 2. The maximum Gasteiger partial charge on any atom is 0.326 e. The first-order valence-corrected chi connectivity index (χ1v) is 7.41. The number of aromatic nitrogens is 2. The van der Waals surface area contributed by atoms with Gasteiger partial charge in [-0.15, -0.1) is 0 Å². The number of nitrogens with one attached hydrogen (secondary N) is 1. The first kappa shape index (κ1) is 15.3. The first-order chi connectivity index (χ1) is 10.2. The lowest BCUT2D eigenvalue weighted by Crippen LogP contribution is -2.52. The van der Waals surface area contributed by atoms with Crippen LogP contribution in [0.1, 0.15) is 32.1 Å². The van der Waals surface area contributed by atoms with Crippen LogP contribution in [-0.2, 0) is 11.3 Å². The van der Waals surface area contributed by atoms with Crippen LogP contribution >= 0.6 is 0 Å². The first-order valence-electron chi connectivity index (χ1n) is 7.41. The highest BCUT2D eigenvalue weighted by Crippen LogP contribution is 2.17. The number of carbonyl (C=O) groups is 2. The number of likely N-dealkylation sites (tertiary alicyclic amines) is 1. The van der Waals surface area contributed by atoms with Gasteiger partial charge in [0.1, 0.15) is 6.04 Å². The van der Waals surface area contributed by atoms with Crippen molar-refractivity contribution in [2.24, 2.45) is 0 Å². The Morgan fingerprint density at radius 3 is 2.90 bits per heavy atom. The standard InChI is InChI=1S/C14H22N4O3/c19-13(20)12-5-1-3-9-18(12)14(21)16-6-2-4-8-17-10-7-15-11-17/h7,10-12H,1-6,8-9H2,(H,16,21)(H,19,20). The topological polar surface area (TPSA) is 87.5 Å². The minimum Gasteiger partial charge on any atom is -0.480 e. The molecule has 0 aromatic carbocycles. The van der Waals surface area contributed by atoms with Crippen molar-refractivity contribution < 1.29 is 14.7 Å². The number of rotatable bonds is 6. The molecule has 7 heteroatoms. The highest BCUT2D eigenvalue weighted by molar-refractivity contribution is 5.82. The quantitative estimate of drug-likeness (QED) is 0.774. The molecule has 2 heterocycles. The highest BCUT2D eigenvalue weighted by Gasteiger charge is 2.31. The molecule has 1 unspecified atom stereocenters. The van der Waals surface area contributed by atoms with Gasteiger partial charge in [0.15, 0.2) is 0 Å². The third-order valence-electron chi connectivity index (χ3n) is 3.73. The van der Waals surface area contributed by atoms with Crippen LogP contribution in [0.5, 0.6) is 0 Å². The van der Waals surface area contributed by atoms with Crippen molar-refractivity contribution >= 4 is 12.0 Å². The Bertz CT molecular complexity index is 461. The average molecular weight is 294 g/mol. The Morgan fingerprint density at radius 1 is 1.33 bits per heavy atom. The summed E-state index contributed by atoms with van der Waals surface area (Å²) in [5, 5.41) is 12.0. The number of aryl methyl sites for hydroxylation is 1. The summed E-state index contributed by atoms with van der Waals surface area (Å²) >= 11 is 0. The lowest BCUT2D eigenvalue weighted by Gasteiger charge is -2.32. The zero-order chi connectivity index (χ0) is 15.1. The van der Waals surface area contributed by atoms with Gasteiger partial charge in [-0.05, 0) is 32.1 Å². The molecule has 1 aliphatic heterocycles. The summed E-state index contributed by atoms with van der Waals surface area (Å²) < 4.78 is 1.99. The number of carboxylic acids is 1. The van der Waals surface area contributed by atoms with Crippen molar-refractivity contribution in [2.75, 3.05) is 13.1 Å². The van der Waals surface area contributed by atoms with Gasteiger partial charge in [0.25, 0.3) is 0 Å². The summed E-state index contributed by atoms with van der Waals surface area (Å²) in [5.41, 5.74) is 0. The molecular formula is C14H22N4O3. The molecule has 0 bridgehead atoms. The second kappa shape index (κ2) is 7.66. The number of piperidine rings is 1. The maximum atomic E-state index is 12.0. The fraction of sp³-hybridized carbons (Fsp3) is 0.643. The van der Waals surface area contributed by atoms with Gasteiger partial charge >= 0.3 is 12.0 Å². The van der Waals surface area contributed by atoms with E-state index >= 15 is 0 Å². The van der Waals surface area contributed by atoms with Crippen molar-refractivity contribution in [2.45, 2.75) is 44.7 Å². The lowest BCUT2D eigenvalue weighted by atomic mass is 10.0. The van der Waals surface area contributed by atoms with Crippen molar-refractivity contribution in [1.82, 2.24) is 19.8 Å². The van der Waals surface area contributed by atoms with Gasteiger partial charge in [0, 0.05) is 32.0 Å². The molecule has 2 N–H and O–H groups in total. The van der Waals surface area contributed by atoms with E-state index in [1.807, 2.05) is 10.8 Å². The number of hydrogen-bond acceptors (Lipinski definition) is 3. The third-order valence-corrected chi connectivity index (χ3v) is 3.73. The minimum absolute atomic E-state index is 0.260.